The second-order valence-electron chi connectivity index (χ2n) is 12.1. The lowest BCUT2D eigenvalue weighted by Gasteiger charge is -2.07. The molecule has 0 unspecified atom stereocenters. The molecule has 0 fully saturated rings. The van der Waals surface area contributed by atoms with Gasteiger partial charge < -0.3 is 4.98 Å². The number of thiophene rings is 1. The van der Waals surface area contributed by atoms with Gasteiger partial charge in [-0.1, -0.05) is 84.9 Å². The molecule has 9 rings (SSSR count). The smallest absolute Gasteiger partial charge is 0.0737 e. The Morgan fingerprint density at radius 3 is 1.14 bits per heavy atom. The predicted octanol–water partition coefficient (Wildman–Crippen LogP) is 13.3. The molecule has 0 spiro atoms. The largest absolute Gasteiger partial charge is 0.354 e. The zero-order valence-electron chi connectivity index (χ0n) is 26.6. The molecule has 238 valence electrons. The molecule has 50 heavy (non-hydrogen) atoms. The van der Waals surface area contributed by atoms with Gasteiger partial charge in [0.05, 0.1) is 22.8 Å². The summed E-state index contributed by atoms with van der Waals surface area (Å²) in [7, 11) is 0. The van der Waals surface area contributed by atoms with Gasteiger partial charge in [-0.25, -0.2) is 9.97 Å². The van der Waals surface area contributed by atoms with Crippen molar-refractivity contribution in [3.63, 3.8) is 0 Å². The first kappa shape index (κ1) is 31.3. The molecule has 0 atom stereocenters. The molecule has 0 saturated carbocycles. The van der Waals surface area contributed by atoms with Crippen LogP contribution < -0.4 is 0 Å². The standard InChI is InChI=1S/C44H27I2N3S/c45-31-15-11-29(12-16-31)41-33-19-20-34(47-33)42(30-13-17-32(46)18-14-30)36-22-24-38(49-36)44(28-9-5-2-6-10-28)40-26-25-39(50-40)43(27-7-3-1-4-8-27)37-23-21-35(41)48-37/h1-26,47H. The van der Waals surface area contributed by atoms with Gasteiger partial charge in [-0.3, -0.25) is 0 Å². The van der Waals surface area contributed by atoms with Crippen molar-refractivity contribution >= 4 is 101 Å². The topological polar surface area (TPSA) is 41.6 Å². The van der Waals surface area contributed by atoms with Crippen LogP contribution in [0.3, 0.4) is 0 Å². The van der Waals surface area contributed by atoms with Crippen molar-refractivity contribution in [2.45, 2.75) is 0 Å². The van der Waals surface area contributed by atoms with E-state index >= 15 is 0 Å². The molecule has 2 aliphatic heterocycles. The number of nitrogens with one attached hydrogen (secondary N) is 1. The van der Waals surface area contributed by atoms with Crippen molar-refractivity contribution in [1.29, 1.82) is 0 Å². The van der Waals surface area contributed by atoms with Crippen LogP contribution in [0.25, 0.3) is 89.2 Å². The minimum atomic E-state index is 0.924. The first-order valence-electron chi connectivity index (χ1n) is 16.3. The summed E-state index contributed by atoms with van der Waals surface area (Å²) in [6.45, 7) is 0. The Morgan fingerprint density at radius 2 is 0.740 bits per heavy atom. The molecule has 2 aliphatic rings. The van der Waals surface area contributed by atoms with E-state index < -0.39 is 0 Å². The minimum absolute atomic E-state index is 0.924. The fraction of sp³-hybridized carbons (Fsp3) is 0. The van der Waals surface area contributed by atoms with Crippen molar-refractivity contribution < 1.29 is 0 Å². The van der Waals surface area contributed by atoms with Gasteiger partial charge in [0.2, 0.25) is 0 Å². The number of halogens is 2. The van der Waals surface area contributed by atoms with Crippen LogP contribution in [0.2, 0.25) is 0 Å². The maximum atomic E-state index is 5.40. The number of nitrogens with zero attached hydrogens (tertiary/aromatic N) is 2. The molecule has 0 saturated heterocycles. The summed E-state index contributed by atoms with van der Waals surface area (Å²) in [5.41, 5.74) is 14.6. The van der Waals surface area contributed by atoms with E-state index in [1.807, 2.05) is 0 Å². The Morgan fingerprint density at radius 1 is 0.380 bits per heavy atom. The lowest BCUT2D eigenvalue weighted by molar-refractivity contribution is 1.32. The first-order valence-corrected chi connectivity index (χ1v) is 19.3. The van der Waals surface area contributed by atoms with Crippen LogP contribution in [-0.4, -0.2) is 15.0 Å². The fourth-order valence-corrected chi connectivity index (χ4v) is 8.61. The second-order valence-corrected chi connectivity index (χ2v) is 15.7. The summed E-state index contributed by atoms with van der Waals surface area (Å²) in [6.07, 6.45) is 8.66. The molecule has 6 heteroatoms. The molecule has 0 amide bonds. The normalized spacial score (nSPS) is 12.0. The molecule has 8 bridgehead atoms. The van der Waals surface area contributed by atoms with Crippen LogP contribution >= 0.6 is 56.5 Å². The number of fused-ring (bicyclic) bond motifs is 8. The van der Waals surface area contributed by atoms with E-state index in [2.05, 4.69) is 208 Å². The summed E-state index contributed by atoms with van der Waals surface area (Å²) in [5.74, 6) is 0. The van der Waals surface area contributed by atoms with Crippen molar-refractivity contribution in [3.05, 3.63) is 163 Å². The molecular weight excluding hydrogens is 856 g/mol. The summed E-state index contributed by atoms with van der Waals surface area (Å²) in [6, 6.07) is 47.5. The third-order valence-electron chi connectivity index (χ3n) is 9.02. The van der Waals surface area contributed by atoms with E-state index in [1.165, 1.54) is 7.14 Å². The van der Waals surface area contributed by atoms with Gasteiger partial charge in [-0.05, 0) is 140 Å². The van der Waals surface area contributed by atoms with Gasteiger partial charge in [0.25, 0.3) is 0 Å². The van der Waals surface area contributed by atoms with Crippen molar-refractivity contribution in [3.8, 4) is 44.5 Å². The van der Waals surface area contributed by atoms with Crippen LogP contribution in [0.15, 0.2) is 133 Å². The van der Waals surface area contributed by atoms with E-state index in [0.29, 0.717) is 0 Å². The minimum Gasteiger partial charge on any atom is -0.354 e. The lowest BCUT2D eigenvalue weighted by Crippen LogP contribution is -1.88. The van der Waals surface area contributed by atoms with E-state index in [1.54, 1.807) is 11.3 Å². The zero-order valence-corrected chi connectivity index (χ0v) is 31.7. The van der Waals surface area contributed by atoms with E-state index in [0.717, 1.165) is 87.7 Å². The monoisotopic (exact) mass is 883 g/mol. The van der Waals surface area contributed by atoms with Gasteiger partial charge in [0, 0.05) is 49.8 Å². The number of hydrogen-bond donors (Lipinski definition) is 1. The van der Waals surface area contributed by atoms with Crippen LogP contribution in [0.4, 0.5) is 0 Å². The third kappa shape index (κ3) is 5.85. The van der Waals surface area contributed by atoms with Crippen molar-refractivity contribution in [2.75, 3.05) is 0 Å². The molecule has 0 radical (unpaired) electrons. The highest BCUT2D eigenvalue weighted by Crippen LogP contribution is 2.41. The van der Waals surface area contributed by atoms with Crippen molar-refractivity contribution in [1.82, 2.24) is 15.0 Å². The second kappa shape index (κ2) is 13.2. The number of aromatic amines is 1. The fourth-order valence-electron chi connectivity index (χ4n) is 6.73. The summed E-state index contributed by atoms with van der Waals surface area (Å²) in [4.78, 5) is 14.6. The van der Waals surface area contributed by atoms with E-state index in [9.17, 15) is 0 Å². The van der Waals surface area contributed by atoms with E-state index in [4.69, 9.17) is 9.97 Å². The number of H-pyrrole nitrogens is 1. The highest BCUT2D eigenvalue weighted by molar-refractivity contribution is 14.1. The summed E-state index contributed by atoms with van der Waals surface area (Å²) < 4.78 is 4.70. The Balaban J connectivity index is 1.48. The third-order valence-corrected chi connectivity index (χ3v) is 11.6. The van der Waals surface area contributed by atoms with Gasteiger partial charge in [-0.2, -0.15) is 0 Å². The average Bonchev–Trinajstić information content (AvgIpc) is 3.98. The highest BCUT2D eigenvalue weighted by Gasteiger charge is 2.19. The number of aromatic nitrogens is 3. The van der Waals surface area contributed by atoms with Crippen LogP contribution in [-0.2, 0) is 0 Å². The Bertz CT molecular complexity index is 2460. The predicted molar refractivity (Wildman–Crippen MR) is 230 cm³/mol. The number of benzene rings is 4. The molecular formula is C44H27I2N3S. The molecule has 3 nitrogen and oxygen atoms in total. The highest BCUT2D eigenvalue weighted by atomic mass is 127. The number of rotatable bonds is 4. The van der Waals surface area contributed by atoms with Gasteiger partial charge in [-0.15, -0.1) is 11.3 Å². The van der Waals surface area contributed by atoms with Gasteiger partial charge in [0.15, 0.2) is 0 Å². The molecule has 0 aliphatic carbocycles. The quantitative estimate of drug-likeness (QED) is 0.179. The van der Waals surface area contributed by atoms with E-state index in [-0.39, 0.29) is 0 Å². The van der Waals surface area contributed by atoms with Crippen LogP contribution in [0, 0.1) is 7.14 Å². The summed E-state index contributed by atoms with van der Waals surface area (Å²) >= 11 is 6.52. The van der Waals surface area contributed by atoms with Gasteiger partial charge >= 0.3 is 0 Å². The maximum absolute atomic E-state index is 5.40. The Hall–Kier alpha value is -4.64. The van der Waals surface area contributed by atoms with Crippen LogP contribution in [0.5, 0.6) is 0 Å². The SMILES string of the molecule is Ic1ccc(-c2c3nc(c(-c4ccccc4)c4ccc(s4)c(-c4ccccc4)c4nc(c(-c5ccc(I)cc5)c5ccc2[nH]5)C=C4)C=C3)cc1. The molecule has 5 heterocycles. The van der Waals surface area contributed by atoms with Gasteiger partial charge in [0.1, 0.15) is 0 Å². The van der Waals surface area contributed by atoms with Crippen LogP contribution in [0.1, 0.15) is 22.8 Å². The molecule has 7 aromatic rings. The molecule has 1 N–H and O–H groups in total. The molecule has 4 aromatic carbocycles. The summed E-state index contributed by atoms with van der Waals surface area (Å²) in [5, 5.41) is 0. The molecule has 3 aromatic heterocycles. The zero-order chi connectivity index (χ0) is 33.6. The van der Waals surface area contributed by atoms with Crippen molar-refractivity contribution in [2.24, 2.45) is 0 Å². The number of hydrogen-bond acceptors (Lipinski definition) is 3. The average molecular weight is 884 g/mol. The lowest BCUT2D eigenvalue weighted by atomic mass is 10.0. The maximum Gasteiger partial charge on any atom is 0.0737 e. The Kier molecular flexibility index (Phi) is 8.30. The Labute approximate surface area is 321 Å². The first-order chi connectivity index (χ1) is 24.6.